The summed E-state index contributed by atoms with van der Waals surface area (Å²) in [6.07, 6.45) is 10.1. The molecule has 0 radical (unpaired) electrons. The number of aromatic nitrogens is 3. The van der Waals surface area contributed by atoms with E-state index >= 15 is 0 Å². The Morgan fingerprint density at radius 3 is 2.61 bits per heavy atom. The van der Waals surface area contributed by atoms with Gasteiger partial charge >= 0.3 is 5.97 Å². The summed E-state index contributed by atoms with van der Waals surface area (Å²) < 4.78 is 21.4. The Hall–Kier alpha value is -3.33. The number of rotatable bonds is 4. The second-order valence-electron chi connectivity index (χ2n) is 4.64. The van der Waals surface area contributed by atoms with Crippen LogP contribution in [0.1, 0.15) is 10.4 Å². The van der Waals surface area contributed by atoms with Gasteiger partial charge in [0.1, 0.15) is 11.4 Å². The van der Waals surface area contributed by atoms with E-state index in [9.17, 15) is 9.18 Å². The number of halogens is 1. The first kappa shape index (κ1) is 14.6. The highest BCUT2D eigenvalue weighted by Gasteiger charge is 2.20. The van der Waals surface area contributed by atoms with Gasteiger partial charge in [0.25, 0.3) is 0 Å². The van der Waals surface area contributed by atoms with Crippen LogP contribution in [0.25, 0.3) is 11.5 Å². The molecule has 6 heteroatoms. The van der Waals surface area contributed by atoms with Crippen LogP contribution in [0.4, 0.5) is 4.39 Å². The average molecular weight is 309 g/mol. The van der Waals surface area contributed by atoms with Crippen molar-refractivity contribution in [3.63, 3.8) is 0 Å². The zero-order valence-corrected chi connectivity index (χ0v) is 12.0. The van der Waals surface area contributed by atoms with Crippen molar-refractivity contribution in [2.24, 2.45) is 0 Å². The van der Waals surface area contributed by atoms with Gasteiger partial charge in [-0.3, -0.25) is 0 Å². The van der Waals surface area contributed by atoms with E-state index in [1.165, 1.54) is 23.0 Å². The van der Waals surface area contributed by atoms with E-state index in [1.807, 2.05) is 12.1 Å². The molecule has 0 bridgehead atoms. The number of ether oxygens (including phenoxy) is 1. The quantitative estimate of drug-likeness (QED) is 0.550. The zero-order chi connectivity index (χ0) is 16.2. The third kappa shape index (κ3) is 2.85. The molecule has 114 valence electrons. The predicted molar refractivity (Wildman–Crippen MR) is 82.0 cm³/mol. The molecule has 0 aliphatic heterocycles. The molecule has 0 spiro atoms. The van der Waals surface area contributed by atoms with Crippen molar-refractivity contribution >= 4 is 5.97 Å². The fourth-order valence-corrected chi connectivity index (χ4v) is 2.17. The number of terminal acetylenes is 1. The van der Waals surface area contributed by atoms with Crippen molar-refractivity contribution in [1.29, 1.82) is 0 Å². The summed E-state index contributed by atoms with van der Waals surface area (Å²) in [5, 5.41) is 4.22. The number of hydrogen-bond acceptors (Lipinski definition) is 3. The molecule has 0 amide bonds. The second-order valence-corrected chi connectivity index (χ2v) is 4.64. The van der Waals surface area contributed by atoms with Gasteiger partial charge in [-0.2, -0.15) is 5.10 Å². The first-order valence-electron chi connectivity index (χ1n) is 6.78. The first-order chi connectivity index (χ1) is 11.2. The Kier molecular flexibility index (Phi) is 3.93. The largest absolute Gasteiger partial charge is 0.449 e. The molecule has 5 nitrogen and oxygen atoms in total. The highest BCUT2D eigenvalue weighted by molar-refractivity contribution is 5.93. The van der Waals surface area contributed by atoms with Crippen molar-refractivity contribution in [2.75, 3.05) is 6.61 Å². The number of nitrogens with zero attached hydrogens (tertiary/aromatic N) is 3. The molecule has 3 rings (SSSR count). The maximum absolute atomic E-state index is 13.1. The van der Waals surface area contributed by atoms with Crippen LogP contribution in [-0.2, 0) is 4.74 Å². The third-order valence-electron chi connectivity index (χ3n) is 3.17. The van der Waals surface area contributed by atoms with Crippen molar-refractivity contribution in [3.8, 4) is 23.8 Å². The highest BCUT2D eigenvalue weighted by atomic mass is 19.1. The fraction of sp³-hybridized carbons (Fsp3) is 0.0588. The van der Waals surface area contributed by atoms with Crippen LogP contribution in [0.2, 0.25) is 0 Å². The monoisotopic (exact) mass is 309 g/mol. The van der Waals surface area contributed by atoms with Gasteiger partial charge in [-0.25, -0.2) is 13.9 Å². The number of carbonyl (C=O) groups excluding carboxylic acids is 1. The van der Waals surface area contributed by atoms with Gasteiger partial charge in [0.2, 0.25) is 0 Å². The van der Waals surface area contributed by atoms with Crippen LogP contribution >= 0.6 is 0 Å². The van der Waals surface area contributed by atoms with Crippen molar-refractivity contribution in [2.45, 2.75) is 0 Å². The molecule has 0 fully saturated rings. The predicted octanol–water partition coefficient (Wildman–Crippen LogP) is 2.59. The van der Waals surface area contributed by atoms with E-state index in [0.717, 1.165) is 0 Å². The summed E-state index contributed by atoms with van der Waals surface area (Å²) in [6.45, 7) is -0.119. The Morgan fingerprint density at radius 2 is 1.96 bits per heavy atom. The molecule has 1 aromatic carbocycles. The summed E-state index contributed by atoms with van der Waals surface area (Å²) in [5.74, 6) is 1.82. The minimum atomic E-state index is -0.569. The first-order valence-corrected chi connectivity index (χ1v) is 6.78. The van der Waals surface area contributed by atoms with E-state index < -0.39 is 5.97 Å². The normalized spacial score (nSPS) is 10.3. The van der Waals surface area contributed by atoms with Gasteiger partial charge in [0.15, 0.2) is 12.4 Å². The Morgan fingerprint density at radius 1 is 1.26 bits per heavy atom. The summed E-state index contributed by atoms with van der Waals surface area (Å²) in [4.78, 5) is 12.2. The van der Waals surface area contributed by atoms with E-state index in [1.54, 1.807) is 29.1 Å². The van der Waals surface area contributed by atoms with Crippen LogP contribution in [0.15, 0.2) is 55.0 Å². The standard InChI is InChI=1S/C17H12FN3O2/c1-2-11-23-17(22)15-12-19-21(14-7-5-13(18)6-8-14)16(15)20-9-3-4-10-20/h1,3-10,12H,11H2. The Balaban J connectivity index is 2.10. The molecule has 2 aromatic heterocycles. The SMILES string of the molecule is C#CCOC(=O)c1cnn(-c2ccc(F)cc2)c1-n1cccc1. The lowest BCUT2D eigenvalue weighted by molar-refractivity contribution is 0.0557. The van der Waals surface area contributed by atoms with Crippen molar-refractivity contribution < 1.29 is 13.9 Å². The average Bonchev–Trinajstić information content (AvgIpc) is 3.22. The van der Waals surface area contributed by atoms with E-state index in [2.05, 4.69) is 11.0 Å². The molecule has 2 heterocycles. The van der Waals surface area contributed by atoms with E-state index in [4.69, 9.17) is 11.2 Å². The molecule has 23 heavy (non-hydrogen) atoms. The van der Waals surface area contributed by atoms with Crippen LogP contribution < -0.4 is 0 Å². The molecule has 0 aliphatic carbocycles. The maximum Gasteiger partial charge on any atom is 0.344 e. The minimum Gasteiger partial charge on any atom is -0.449 e. The lowest BCUT2D eigenvalue weighted by Crippen LogP contribution is -2.11. The molecular formula is C17H12FN3O2. The highest BCUT2D eigenvalue weighted by Crippen LogP contribution is 2.20. The molecular weight excluding hydrogens is 297 g/mol. The summed E-state index contributed by atoms with van der Waals surface area (Å²) in [5.41, 5.74) is 0.881. The molecule has 0 atom stereocenters. The molecule has 0 aliphatic rings. The minimum absolute atomic E-state index is 0.119. The van der Waals surface area contributed by atoms with Crippen LogP contribution in [0.5, 0.6) is 0 Å². The van der Waals surface area contributed by atoms with Crippen LogP contribution in [0, 0.1) is 18.2 Å². The summed E-state index contributed by atoms with van der Waals surface area (Å²) in [7, 11) is 0. The number of esters is 1. The molecule has 0 saturated heterocycles. The van der Waals surface area contributed by atoms with Gasteiger partial charge in [-0.05, 0) is 36.4 Å². The van der Waals surface area contributed by atoms with Crippen molar-refractivity contribution in [3.05, 3.63) is 66.4 Å². The summed E-state index contributed by atoms with van der Waals surface area (Å²) in [6, 6.07) is 9.44. The number of benzene rings is 1. The zero-order valence-electron chi connectivity index (χ0n) is 12.0. The summed E-state index contributed by atoms with van der Waals surface area (Å²) >= 11 is 0. The third-order valence-corrected chi connectivity index (χ3v) is 3.17. The van der Waals surface area contributed by atoms with Crippen LogP contribution in [0.3, 0.4) is 0 Å². The molecule has 0 N–H and O–H groups in total. The number of hydrogen-bond donors (Lipinski definition) is 0. The van der Waals surface area contributed by atoms with Gasteiger partial charge in [0, 0.05) is 12.4 Å². The Labute approximate surface area is 131 Å². The molecule has 0 saturated carbocycles. The topological polar surface area (TPSA) is 49.0 Å². The van der Waals surface area contributed by atoms with Gasteiger partial charge < -0.3 is 9.30 Å². The van der Waals surface area contributed by atoms with Crippen molar-refractivity contribution in [1.82, 2.24) is 14.3 Å². The Bertz CT molecular complexity index is 858. The van der Waals surface area contributed by atoms with E-state index in [0.29, 0.717) is 11.5 Å². The van der Waals surface area contributed by atoms with Gasteiger partial charge in [-0.1, -0.05) is 5.92 Å². The van der Waals surface area contributed by atoms with E-state index in [-0.39, 0.29) is 18.0 Å². The lowest BCUT2D eigenvalue weighted by atomic mass is 10.3. The molecule has 3 aromatic rings. The smallest absolute Gasteiger partial charge is 0.344 e. The fourth-order valence-electron chi connectivity index (χ4n) is 2.17. The van der Waals surface area contributed by atoms with Gasteiger partial charge in [0.05, 0.1) is 11.9 Å². The maximum atomic E-state index is 13.1. The molecule has 0 unspecified atom stereocenters. The second kappa shape index (κ2) is 6.20. The van der Waals surface area contributed by atoms with Gasteiger partial charge in [-0.15, -0.1) is 6.42 Å². The lowest BCUT2D eigenvalue weighted by Gasteiger charge is -2.10. The number of carbonyl (C=O) groups is 1. The van der Waals surface area contributed by atoms with Crippen LogP contribution in [-0.4, -0.2) is 26.9 Å².